The quantitative estimate of drug-likeness (QED) is 0.632. The highest BCUT2D eigenvalue weighted by atomic mass is 35.5. The summed E-state index contributed by atoms with van der Waals surface area (Å²) in [4.78, 5) is 0. The molecule has 0 saturated heterocycles. The van der Waals surface area contributed by atoms with Crippen LogP contribution in [0, 0.1) is 0 Å². The first-order valence-electron chi connectivity index (χ1n) is 3.85. The molecule has 0 amide bonds. The second-order valence-electron chi connectivity index (χ2n) is 2.88. The Morgan fingerprint density at radius 2 is 2.00 bits per heavy atom. The fourth-order valence-corrected chi connectivity index (χ4v) is 1.66. The molecular formula is C10H8ClNO. The SMILES string of the molecule is Nc1cc(O)c2c(Cl)cccc2c1. The van der Waals surface area contributed by atoms with Crippen LogP contribution in [-0.2, 0) is 0 Å². The second kappa shape index (κ2) is 2.82. The van der Waals surface area contributed by atoms with Gasteiger partial charge in [0.2, 0.25) is 0 Å². The molecule has 0 saturated carbocycles. The van der Waals surface area contributed by atoms with Crippen molar-refractivity contribution in [2.24, 2.45) is 0 Å². The molecule has 0 atom stereocenters. The number of rotatable bonds is 0. The molecule has 0 radical (unpaired) electrons. The van der Waals surface area contributed by atoms with Crippen LogP contribution in [0.1, 0.15) is 0 Å². The van der Waals surface area contributed by atoms with E-state index in [0.29, 0.717) is 16.1 Å². The van der Waals surface area contributed by atoms with Gasteiger partial charge in [0.25, 0.3) is 0 Å². The highest BCUT2D eigenvalue weighted by molar-refractivity contribution is 6.36. The van der Waals surface area contributed by atoms with E-state index in [0.717, 1.165) is 5.39 Å². The van der Waals surface area contributed by atoms with Crippen molar-refractivity contribution in [1.82, 2.24) is 0 Å². The molecule has 2 rings (SSSR count). The van der Waals surface area contributed by atoms with Crippen molar-refractivity contribution in [3.8, 4) is 5.75 Å². The van der Waals surface area contributed by atoms with Crippen molar-refractivity contribution < 1.29 is 5.11 Å². The lowest BCUT2D eigenvalue weighted by Crippen LogP contribution is -1.84. The standard InChI is InChI=1S/C10H8ClNO/c11-8-3-1-2-6-4-7(12)5-9(13)10(6)8/h1-5,13H,12H2. The Labute approximate surface area is 80.6 Å². The normalized spacial score (nSPS) is 10.5. The van der Waals surface area contributed by atoms with Crippen LogP contribution < -0.4 is 5.73 Å². The van der Waals surface area contributed by atoms with E-state index in [4.69, 9.17) is 17.3 Å². The average molecular weight is 194 g/mol. The molecule has 0 bridgehead atoms. The van der Waals surface area contributed by atoms with Crippen LogP contribution in [0.25, 0.3) is 10.8 Å². The number of phenols is 1. The summed E-state index contributed by atoms with van der Waals surface area (Å²) < 4.78 is 0. The number of fused-ring (bicyclic) bond motifs is 1. The Kier molecular flexibility index (Phi) is 1.78. The van der Waals surface area contributed by atoms with Gasteiger partial charge in [0.05, 0.1) is 5.02 Å². The van der Waals surface area contributed by atoms with Crippen LogP contribution in [-0.4, -0.2) is 5.11 Å². The van der Waals surface area contributed by atoms with E-state index < -0.39 is 0 Å². The number of anilines is 1. The van der Waals surface area contributed by atoms with E-state index in [1.165, 1.54) is 6.07 Å². The van der Waals surface area contributed by atoms with Gasteiger partial charge in [-0.25, -0.2) is 0 Å². The minimum Gasteiger partial charge on any atom is -0.507 e. The van der Waals surface area contributed by atoms with Crippen molar-refractivity contribution in [3.63, 3.8) is 0 Å². The Balaban J connectivity index is 2.94. The first kappa shape index (κ1) is 8.20. The maximum Gasteiger partial charge on any atom is 0.126 e. The van der Waals surface area contributed by atoms with Crippen molar-refractivity contribution >= 4 is 28.1 Å². The minimum absolute atomic E-state index is 0.126. The summed E-state index contributed by atoms with van der Waals surface area (Å²) >= 11 is 5.91. The number of halogens is 1. The lowest BCUT2D eigenvalue weighted by molar-refractivity contribution is 0.482. The maximum atomic E-state index is 9.57. The van der Waals surface area contributed by atoms with Gasteiger partial charge in [0, 0.05) is 17.1 Å². The molecule has 0 unspecified atom stereocenters. The number of phenolic OH excluding ortho intramolecular Hbond substituents is 1. The Bertz CT molecular complexity index is 468. The Hall–Kier alpha value is -1.41. The monoisotopic (exact) mass is 193 g/mol. The highest BCUT2D eigenvalue weighted by Gasteiger charge is 2.04. The van der Waals surface area contributed by atoms with Crippen LogP contribution >= 0.6 is 11.6 Å². The molecule has 13 heavy (non-hydrogen) atoms. The topological polar surface area (TPSA) is 46.2 Å². The Morgan fingerprint density at radius 1 is 1.23 bits per heavy atom. The van der Waals surface area contributed by atoms with Gasteiger partial charge in [-0.3, -0.25) is 0 Å². The molecule has 2 nitrogen and oxygen atoms in total. The highest BCUT2D eigenvalue weighted by Crippen LogP contribution is 2.33. The summed E-state index contributed by atoms with van der Waals surface area (Å²) in [7, 11) is 0. The number of benzene rings is 2. The van der Waals surface area contributed by atoms with Crippen LogP contribution in [0.5, 0.6) is 5.75 Å². The second-order valence-corrected chi connectivity index (χ2v) is 3.29. The summed E-state index contributed by atoms with van der Waals surface area (Å²) in [6, 6.07) is 8.69. The number of hydrogen-bond acceptors (Lipinski definition) is 2. The van der Waals surface area contributed by atoms with E-state index in [2.05, 4.69) is 0 Å². The van der Waals surface area contributed by atoms with Gasteiger partial charge in [-0.1, -0.05) is 23.7 Å². The number of hydrogen-bond donors (Lipinski definition) is 2. The molecular weight excluding hydrogens is 186 g/mol. The van der Waals surface area contributed by atoms with Gasteiger partial charge in [-0.2, -0.15) is 0 Å². The molecule has 0 fully saturated rings. The van der Waals surface area contributed by atoms with Crippen molar-refractivity contribution in [3.05, 3.63) is 35.4 Å². The van der Waals surface area contributed by atoms with Gasteiger partial charge in [-0.05, 0) is 17.5 Å². The summed E-state index contributed by atoms with van der Waals surface area (Å²) in [6.07, 6.45) is 0. The fraction of sp³-hybridized carbons (Fsp3) is 0. The molecule has 0 spiro atoms. The van der Waals surface area contributed by atoms with Crippen LogP contribution in [0.2, 0.25) is 5.02 Å². The van der Waals surface area contributed by atoms with Crippen LogP contribution in [0.4, 0.5) is 5.69 Å². The van der Waals surface area contributed by atoms with E-state index in [9.17, 15) is 5.11 Å². The molecule has 0 aromatic heterocycles. The van der Waals surface area contributed by atoms with E-state index in [-0.39, 0.29) is 5.75 Å². The van der Waals surface area contributed by atoms with E-state index >= 15 is 0 Å². The zero-order valence-electron chi connectivity index (χ0n) is 6.79. The predicted molar refractivity (Wildman–Crippen MR) is 55.0 cm³/mol. The zero-order valence-corrected chi connectivity index (χ0v) is 7.55. The third-order valence-electron chi connectivity index (χ3n) is 1.93. The molecule has 3 N–H and O–H groups in total. The molecule has 2 aromatic carbocycles. The van der Waals surface area contributed by atoms with Crippen molar-refractivity contribution in [1.29, 1.82) is 0 Å². The number of nitrogen functional groups attached to an aromatic ring is 1. The van der Waals surface area contributed by atoms with Gasteiger partial charge in [0.1, 0.15) is 5.75 Å². The summed E-state index contributed by atoms with van der Waals surface area (Å²) in [5.41, 5.74) is 6.11. The van der Waals surface area contributed by atoms with E-state index in [1.54, 1.807) is 12.1 Å². The predicted octanol–water partition coefficient (Wildman–Crippen LogP) is 2.78. The maximum absolute atomic E-state index is 9.57. The summed E-state index contributed by atoms with van der Waals surface area (Å²) in [6.45, 7) is 0. The third kappa shape index (κ3) is 1.29. The summed E-state index contributed by atoms with van der Waals surface area (Å²) in [5, 5.41) is 11.6. The van der Waals surface area contributed by atoms with Crippen molar-refractivity contribution in [2.45, 2.75) is 0 Å². The van der Waals surface area contributed by atoms with Gasteiger partial charge in [0.15, 0.2) is 0 Å². The molecule has 0 aliphatic heterocycles. The first-order chi connectivity index (χ1) is 6.18. The molecule has 2 aromatic rings. The minimum atomic E-state index is 0.126. The smallest absolute Gasteiger partial charge is 0.126 e. The van der Waals surface area contributed by atoms with Crippen LogP contribution in [0.3, 0.4) is 0 Å². The summed E-state index contributed by atoms with van der Waals surface area (Å²) in [5.74, 6) is 0.126. The molecule has 0 heterocycles. The largest absolute Gasteiger partial charge is 0.507 e. The lowest BCUT2D eigenvalue weighted by atomic mass is 10.1. The number of nitrogens with two attached hydrogens (primary N) is 1. The molecule has 3 heteroatoms. The van der Waals surface area contributed by atoms with Crippen molar-refractivity contribution in [2.75, 3.05) is 5.73 Å². The van der Waals surface area contributed by atoms with E-state index in [1.807, 2.05) is 12.1 Å². The zero-order chi connectivity index (χ0) is 9.42. The molecule has 0 aliphatic carbocycles. The lowest BCUT2D eigenvalue weighted by Gasteiger charge is -2.04. The molecule has 0 aliphatic rings. The average Bonchev–Trinajstić information content (AvgIpc) is 2.02. The Morgan fingerprint density at radius 3 is 2.77 bits per heavy atom. The van der Waals surface area contributed by atoms with Gasteiger partial charge < -0.3 is 10.8 Å². The molecule has 66 valence electrons. The third-order valence-corrected chi connectivity index (χ3v) is 2.24. The van der Waals surface area contributed by atoms with Gasteiger partial charge in [-0.15, -0.1) is 0 Å². The number of aromatic hydroxyl groups is 1. The fourth-order valence-electron chi connectivity index (χ4n) is 1.38. The first-order valence-corrected chi connectivity index (χ1v) is 4.23. The van der Waals surface area contributed by atoms with Crippen LogP contribution in [0.15, 0.2) is 30.3 Å². The van der Waals surface area contributed by atoms with Gasteiger partial charge >= 0.3 is 0 Å².